The normalized spacial score (nSPS) is 10.5. The second-order valence-electron chi connectivity index (χ2n) is 3.51. The molecular weight excluding hydrogens is 242 g/mol. The number of aromatic hydroxyl groups is 1. The van der Waals surface area contributed by atoms with E-state index in [1.807, 2.05) is 18.4 Å². The molecule has 0 aliphatic carbocycles. The van der Waals surface area contributed by atoms with E-state index in [-0.39, 0.29) is 5.56 Å². The highest BCUT2D eigenvalue weighted by Gasteiger charge is 2.10. The number of halogens is 2. The molecule has 0 fully saturated rings. The highest BCUT2D eigenvalue weighted by Crippen LogP contribution is 2.29. The van der Waals surface area contributed by atoms with Crippen LogP contribution in [0.3, 0.4) is 0 Å². The van der Waals surface area contributed by atoms with E-state index >= 15 is 0 Å². The molecule has 0 amide bonds. The van der Waals surface area contributed by atoms with E-state index in [1.54, 1.807) is 23.9 Å². The molecule has 0 spiro atoms. The van der Waals surface area contributed by atoms with Crippen LogP contribution in [0.15, 0.2) is 41.3 Å². The Morgan fingerprint density at radius 1 is 1.00 bits per heavy atom. The van der Waals surface area contributed by atoms with Crippen molar-refractivity contribution in [2.24, 2.45) is 0 Å². The molecule has 1 nitrogen and oxygen atoms in total. The average molecular weight is 252 g/mol. The third kappa shape index (κ3) is 2.42. The fourth-order valence-corrected chi connectivity index (χ4v) is 1.94. The van der Waals surface area contributed by atoms with Crippen LogP contribution in [0.25, 0.3) is 11.1 Å². The van der Waals surface area contributed by atoms with Crippen LogP contribution in [0.2, 0.25) is 0 Å². The Morgan fingerprint density at radius 3 is 2.24 bits per heavy atom. The summed E-state index contributed by atoms with van der Waals surface area (Å²) in [6.07, 6.45) is 1.94. The lowest BCUT2D eigenvalue weighted by Crippen LogP contribution is -1.87. The van der Waals surface area contributed by atoms with Crippen LogP contribution in [0.4, 0.5) is 8.78 Å². The Labute approximate surface area is 102 Å². The van der Waals surface area contributed by atoms with Gasteiger partial charge in [-0.05, 0) is 30.0 Å². The maximum Gasteiger partial charge on any atom is 0.165 e. The average Bonchev–Trinajstić information content (AvgIpc) is 2.34. The second kappa shape index (κ2) is 4.75. The van der Waals surface area contributed by atoms with Gasteiger partial charge in [-0.1, -0.05) is 12.1 Å². The molecule has 4 heteroatoms. The van der Waals surface area contributed by atoms with Gasteiger partial charge in [0.15, 0.2) is 11.6 Å². The second-order valence-corrected chi connectivity index (χ2v) is 4.39. The summed E-state index contributed by atoms with van der Waals surface area (Å²) in [5, 5.41) is 9.04. The molecule has 0 atom stereocenters. The topological polar surface area (TPSA) is 20.2 Å². The number of benzene rings is 2. The molecule has 0 saturated carbocycles. The summed E-state index contributed by atoms with van der Waals surface area (Å²) in [7, 11) is 0. The molecule has 88 valence electrons. The first-order valence-corrected chi connectivity index (χ1v) is 6.16. The van der Waals surface area contributed by atoms with Crippen LogP contribution in [-0.2, 0) is 0 Å². The van der Waals surface area contributed by atoms with E-state index in [4.69, 9.17) is 5.11 Å². The number of hydrogen-bond donors (Lipinski definition) is 1. The Bertz CT molecular complexity index is 538. The standard InChI is InChI=1S/C13H10F2OS/c1-17-9-4-2-8(3-5-9)10-6-12(15)13(16)7-11(10)14/h2-7,16H,1H3. The number of rotatable bonds is 2. The fraction of sp³-hybridized carbons (Fsp3) is 0.0769. The summed E-state index contributed by atoms with van der Waals surface area (Å²) >= 11 is 1.57. The lowest BCUT2D eigenvalue weighted by atomic mass is 10.0. The Hall–Kier alpha value is -1.55. The van der Waals surface area contributed by atoms with Crippen molar-refractivity contribution in [2.75, 3.05) is 6.26 Å². The van der Waals surface area contributed by atoms with Gasteiger partial charge in [0.1, 0.15) is 5.82 Å². The maximum atomic E-state index is 13.6. The van der Waals surface area contributed by atoms with E-state index in [1.165, 1.54) is 0 Å². The van der Waals surface area contributed by atoms with Crippen LogP contribution < -0.4 is 0 Å². The third-order valence-electron chi connectivity index (χ3n) is 2.44. The van der Waals surface area contributed by atoms with Crippen molar-refractivity contribution in [1.29, 1.82) is 0 Å². The van der Waals surface area contributed by atoms with E-state index < -0.39 is 17.4 Å². The van der Waals surface area contributed by atoms with Crippen molar-refractivity contribution in [3.63, 3.8) is 0 Å². The number of hydrogen-bond acceptors (Lipinski definition) is 2. The Morgan fingerprint density at radius 2 is 1.65 bits per heavy atom. The zero-order valence-corrected chi connectivity index (χ0v) is 9.89. The molecule has 2 rings (SSSR count). The van der Waals surface area contributed by atoms with Crippen molar-refractivity contribution >= 4 is 11.8 Å². The minimum absolute atomic E-state index is 0.146. The number of thioether (sulfide) groups is 1. The fourth-order valence-electron chi connectivity index (χ4n) is 1.53. The van der Waals surface area contributed by atoms with Crippen molar-refractivity contribution in [2.45, 2.75) is 4.90 Å². The Kier molecular flexibility index (Phi) is 3.33. The maximum absolute atomic E-state index is 13.6. The van der Waals surface area contributed by atoms with Crippen molar-refractivity contribution in [3.05, 3.63) is 48.0 Å². The van der Waals surface area contributed by atoms with Crippen molar-refractivity contribution in [3.8, 4) is 16.9 Å². The lowest BCUT2D eigenvalue weighted by Gasteiger charge is -2.06. The van der Waals surface area contributed by atoms with Crippen LogP contribution in [-0.4, -0.2) is 11.4 Å². The first-order chi connectivity index (χ1) is 8.11. The van der Waals surface area contributed by atoms with Crippen LogP contribution in [0, 0.1) is 11.6 Å². The summed E-state index contributed by atoms with van der Waals surface area (Å²) in [4.78, 5) is 1.05. The van der Waals surface area contributed by atoms with Gasteiger partial charge in [-0.3, -0.25) is 0 Å². The first-order valence-electron chi connectivity index (χ1n) is 4.94. The predicted molar refractivity (Wildman–Crippen MR) is 65.2 cm³/mol. The van der Waals surface area contributed by atoms with Crippen LogP contribution in [0.5, 0.6) is 5.75 Å². The molecule has 0 aliphatic heterocycles. The van der Waals surface area contributed by atoms with Gasteiger partial charge in [0.2, 0.25) is 0 Å². The summed E-state index contributed by atoms with van der Waals surface area (Å²) in [5.41, 5.74) is 0.729. The smallest absolute Gasteiger partial charge is 0.165 e. The molecule has 17 heavy (non-hydrogen) atoms. The van der Waals surface area contributed by atoms with E-state index in [9.17, 15) is 8.78 Å². The molecular formula is C13H10F2OS. The predicted octanol–water partition coefficient (Wildman–Crippen LogP) is 4.06. The summed E-state index contributed by atoms with van der Waals surface area (Å²) in [5.74, 6) is -2.14. The largest absolute Gasteiger partial charge is 0.505 e. The molecule has 0 heterocycles. The van der Waals surface area contributed by atoms with Gasteiger partial charge in [0, 0.05) is 16.5 Å². The van der Waals surface area contributed by atoms with Gasteiger partial charge in [-0.25, -0.2) is 8.78 Å². The molecule has 2 aromatic carbocycles. The van der Waals surface area contributed by atoms with Gasteiger partial charge in [-0.2, -0.15) is 0 Å². The highest BCUT2D eigenvalue weighted by atomic mass is 32.2. The monoisotopic (exact) mass is 252 g/mol. The van der Waals surface area contributed by atoms with Gasteiger partial charge in [0.05, 0.1) is 0 Å². The van der Waals surface area contributed by atoms with Crippen LogP contribution >= 0.6 is 11.8 Å². The molecule has 0 bridgehead atoms. The van der Waals surface area contributed by atoms with Gasteiger partial charge in [0.25, 0.3) is 0 Å². The molecule has 0 radical (unpaired) electrons. The number of phenolic OH excluding ortho intramolecular Hbond substituents is 1. The molecule has 0 aliphatic rings. The van der Waals surface area contributed by atoms with Gasteiger partial charge in [-0.15, -0.1) is 11.8 Å². The first kappa shape index (κ1) is 11.9. The van der Waals surface area contributed by atoms with E-state index in [0.29, 0.717) is 5.56 Å². The minimum atomic E-state index is -0.824. The quantitative estimate of drug-likeness (QED) is 0.813. The van der Waals surface area contributed by atoms with E-state index in [2.05, 4.69) is 0 Å². The molecule has 2 aromatic rings. The SMILES string of the molecule is CSc1ccc(-c2cc(F)c(O)cc2F)cc1. The molecule has 0 aromatic heterocycles. The van der Waals surface area contributed by atoms with Crippen molar-refractivity contribution < 1.29 is 13.9 Å². The summed E-state index contributed by atoms with van der Waals surface area (Å²) < 4.78 is 26.7. The number of phenols is 1. The van der Waals surface area contributed by atoms with E-state index in [0.717, 1.165) is 17.0 Å². The van der Waals surface area contributed by atoms with Crippen molar-refractivity contribution in [1.82, 2.24) is 0 Å². The molecule has 0 unspecified atom stereocenters. The molecule has 1 N–H and O–H groups in total. The zero-order chi connectivity index (χ0) is 12.4. The molecule has 0 saturated heterocycles. The van der Waals surface area contributed by atoms with Gasteiger partial charge < -0.3 is 5.11 Å². The minimum Gasteiger partial charge on any atom is -0.505 e. The summed E-state index contributed by atoms with van der Waals surface area (Å²) in [6.45, 7) is 0. The highest BCUT2D eigenvalue weighted by molar-refractivity contribution is 7.98. The summed E-state index contributed by atoms with van der Waals surface area (Å²) in [6, 6.07) is 8.90. The van der Waals surface area contributed by atoms with Gasteiger partial charge >= 0.3 is 0 Å². The zero-order valence-electron chi connectivity index (χ0n) is 9.08. The lowest BCUT2D eigenvalue weighted by molar-refractivity contribution is 0.427. The third-order valence-corrected chi connectivity index (χ3v) is 3.18. The Balaban J connectivity index is 2.48. The van der Waals surface area contributed by atoms with Crippen LogP contribution in [0.1, 0.15) is 0 Å².